The van der Waals surface area contributed by atoms with Crippen LogP contribution in [0.1, 0.15) is 117 Å². The predicted molar refractivity (Wildman–Crippen MR) is 190 cm³/mol. The van der Waals surface area contributed by atoms with Crippen molar-refractivity contribution in [1.29, 1.82) is 0 Å². The molecule has 0 fully saturated rings. The Balaban J connectivity index is 3.02. The number of aliphatic hydroxyl groups is 1. The molecule has 0 saturated carbocycles. The third-order valence-corrected chi connectivity index (χ3v) is 8.09. The summed E-state index contributed by atoms with van der Waals surface area (Å²) in [5, 5.41) is 23.9. The number of carbonyl (C=O) groups excluding carboxylic acids is 4. The lowest BCUT2D eigenvalue weighted by atomic mass is 9.82. The summed E-state index contributed by atoms with van der Waals surface area (Å²) in [6.45, 7) is 7.21. The Hall–Kier alpha value is -4.17. The molecular formula is C39H57NO10. The third-order valence-electron chi connectivity index (χ3n) is 8.09. The third kappa shape index (κ3) is 17.5. The molecule has 0 spiro atoms. The molecule has 1 amide bonds. The van der Waals surface area contributed by atoms with E-state index in [2.05, 4.69) is 24.1 Å². The van der Waals surface area contributed by atoms with Gasteiger partial charge < -0.3 is 29.7 Å². The Labute approximate surface area is 297 Å². The molecule has 1 rings (SSSR count). The lowest BCUT2D eigenvalue weighted by molar-refractivity contribution is -0.174. The molecule has 0 bridgehead atoms. The van der Waals surface area contributed by atoms with Gasteiger partial charge in [-0.1, -0.05) is 75.7 Å². The molecule has 0 aliphatic heterocycles. The molecule has 0 aliphatic rings. The summed E-state index contributed by atoms with van der Waals surface area (Å²) >= 11 is 0. The van der Waals surface area contributed by atoms with Gasteiger partial charge in [0.05, 0.1) is 25.6 Å². The van der Waals surface area contributed by atoms with Crippen LogP contribution in [0.3, 0.4) is 0 Å². The highest BCUT2D eigenvalue weighted by Crippen LogP contribution is 2.26. The Morgan fingerprint density at radius 3 is 2.08 bits per heavy atom. The van der Waals surface area contributed by atoms with Crippen LogP contribution in [0, 0.1) is 17.8 Å². The molecule has 0 aliphatic carbocycles. The van der Waals surface area contributed by atoms with Gasteiger partial charge in [0.25, 0.3) is 0 Å². The first-order valence-corrected chi connectivity index (χ1v) is 17.9. The number of amides is 1. The van der Waals surface area contributed by atoms with Crippen LogP contribution in [0.25, 0.3) is 0 Å². The number of Topliss-reactive ketones (excluding diaryl/α,β-unsaturated/α-hetero) is 1. The van der Waals surface area contributed by atoms with Crippen LogP contribution in [0.2, 0.25) is 0 Å². The van der Waals surface area contributed by atoms with E-state index in [9.17, 15) is 34.2 Å². The van der Waals surface area contributed by atoms with Crippen molar-refractivity contribution in [3.05, 3.63) is 42.0 Å². The number of ketones is 1. The summed E-state index contributed by atoms with van der Waals surface area (Å²) in [7, 11) is 0. The van der Waals surface area contributed by atoms with E-state index in [0.29, 0.717) is 37.0 Å². The second-order valence-corrected chi connectivity index (χ2v) is 12.1. The smallest absolute Gasteiger partial charge is 0.337 e. The Kier molecular flexibility index (Phi) is 22.6. The number of unbranched alkanes of at least 4 members (excludes halogenated alkanes) is 8. The largest absolute Gasteiger partial charge is 0.481 e. The SMILES string of the molecule is CC#CCOc1ccc(C[C@H](NC(=O)[C@@H](C=CCCCCCCC(=O)CCCCCCC)[C@@](O)(CC(=O)OCC)C(=O)O)C(=O)OCC)cc1. The van der Waals surface area contributed by atoms with E-state index < -0.39 is 47.8 Å². The van der Waals surface area contributed by atoms with Crippen molar-refractivity contribution in [2.75, 3.05) is 19.8 Å². The van der Waals surface area contributed by atoms with Crippen molar-refractivity contribution >= 4 is 29.6 Å². The maximum atomic E-state index is 13.7. The van der Waals surface area contributed by atoms with E-state index in [0.717, 1.165) is 32.1 Å². The van der Waals surface area contributed by atoms with Crippen molar-refractivity contribution in [2.24, 2.45) is 5.92 Å². The van der Waals surface area contributed by atoms with Gasteiger partial charge in [0.15, 0.2) is 5.60 Å². The predicted octanol–water partition coefficient (Wildman–Crippen LogP) is 5.89. The van der Waals surface area contributed by atoms with E-state index in [1.807, 2.05) is 0 Å². The van der Waals surface area contributed by atoms with Crippen molar-refractivity contribution in [2.45, 2.75) is 129 Å². The standard InChI is InChI=1S/C39H57NO10/c1-5-9-11-14-17-20-31(41)21-18-15-12-13-16-19-22-33(39(47,38(45)46)29-35(42)48-7-3)36(43)40-34(37(44)49-8-4)28-30-23-25-32(26-24-30)50-27-10-6-2/h19,22-26,33-34,47H,5,7-9,11-18,20-21,27-29H2,1-4H3,(H,40,43)(H,45,46)/t33-,34+,39+/m1/s1. The number of esters is 2. The van der Waals surface area contributed by atoms with E-state index in [-0.39, 0.29) is 32.0 Å². The van der Waals surface area contributed by atoms with Gasteiger partial charge in [0, 0.05) is 19.3 Å². The first kappa shape index (κ1) is 43.9. The number of ether oxygens (including phenoxy) is 3. The number of allylic oxidation sites excluding steroid dienone is 1. The molecule has 0 heterocycles. The number of aliphatic carboxylic acids is 1. The van der Waals surface area contributed by atoms with Gasteiger partial charge in [-0.25, -0.2) is 9.59 Å². The number of carbonyl (C=O) groups is 5. The molecule has 0 aromatic heterocycles. The van der Waals surface area contributed by atoms with Crippen molar-refractivity contribution in [1.82, 2.24) is 5.32 Å². The highest BCUT2D eigenvalue weighted by atomic mass is 16.5. The number of carboxylic acids is 1. The number of hydrogen-bond acceptors (Lipinski definition) is 9. The van der Waals surface area contributed by atoms with Gasteiger partial charge in [-0.05, 0) is 64.2 Å². The minimum Gasteiger partial charge on any atom is -0.481 e. The summed E-state index contributed by atoms with van der Waals surface area (Å²) in [4.78, 5) is 63.6. The highest BCUT2D eigenvalue weighted by Gasteiger charge is 2.49. The summed E-state index contributed by atoms with van der Waals surface area (Å²) in [5.74, 6) is 0.135. The molecule has 0 unspecified atom stereocenters. The Morgan fingerprint density at radius 2 is 1.50 bits per heavy atom. The topological polar surface area (TPSA) is 166 Å². The zero-order valence-corrected chi connectivity index (χ0v) is 30.3. The van der Waals surface area contributed by atoms with Gasteiger partial charge in [-0.15, -0.1) is 5.92 Å². The van der Waals surface area contributed by atoms with Gasteiger partial charge in [0.2, 0.25) is 5.91 Å². The summed E-state index contributed by atoms with van der Waals surface area (Å²) < 4.78 is 15.6. The summed E-state index contributed by atoms with van der Waals surface area (Å²) in [6, 6.07) is 5.58. The van der Waals surface area contributed by atoms with Gasteiger partial charge >= 0.3 is 17.9 Å². The van der Waals surface area contributed by atoms with Gasteiger partial charge in [-0.2, -0.15) is 0 Å². The maximum Gasteiger partial charge on any atom is 0.337 e. The molecular weight excluding hydrogens is 642 g/mol. The van der Waals surface area contributed by atoms with E-state index in [1.165, 1.54) is 32.3 Å². The van der Waals surface area contributed by atoms with E-state index >= 15 is 0 Å². The zero-order chi connectivity index (χ0) is 37.2. The van der Waals surface area contributed by atoms with Crippen molar-refractivity contribution < 1.29 is 48.4 Å². The fourth-order valence-corrected chi connectivity index (χ4v) is 5.28. The van der Waals surface area contributed by atoms with Crippen LogP contribution in [0.5, 0.6) is 5.75 Å². The Bertz CT molecular complexity index is 1280. The monoisotopic (exact) mass is 699 g/mol. The Morgan fingerprint density at radius 1 is 0.880 bits per heavy atom. The number of nitrogens with one attached hydrogen (secondary N) is 1. The average Bonchev–Trinajstić information content (AvgIpc) is 3.08. The minimum absolute atomic E-state index is 0.000783. The van der Waals surface area contributed by atoms with Crippen molar-refractivity contribution in [3.63, 3.8) is 0 Å². The molecule has 50 heavy (non-hydrogen) atoms. The number of rotatable bonds is 27. The second kappa shape index (κ2) is 25.8. The summed E-state index contributed by atoms with van der Waals surface area (Å²) in [5.41, 5.74) is -2.21. The van der Waals surface area contributed by atoms with Crippen LogP contribution in [0.15, 0.2) is 36.4 Å². The molecule has 0 radical (unpaired) electrons. The minimum atomic E-state index is -2.86. The summed E-state index contributed by atoms with van der Waals surface area (Å²) in [6.07, 6.45) is 12.2. The maximum absolute atomic E-state index is 13.7. The average molecular weight is 700 g/mol. The second-order valence-electron chi connectivity index (χ2n) is 12.1. The number of carboxylic acid groups (broad SMARTS) is 1. The van der Waals surface area contributed by atoms with Crippen molar-refractivity contribution in [3.8, 4) is 17.6 Å². The van der Waals surface area contributed by atoms with Crippen LogP contribution in [-0.4, -0.2) is 71.3 Å². The first-order valence-electron chi connectivity index (χ1n) is 17.9. The van der Waals surface area contributed by atoms with Gasteiger partial charge in [0.1, 0.15) is 24.2 Å². The van der Waals surface area contributed by atoms with E-state index in [4.69, 9.17) is 14.2 Å². The molecule has 3 N–H and O–H groups in total. The number of benzene rings is 1. The fourth-order valence-electron chi connectivity index (χ4n) is 5.28. The molecule has 278 valence electrons. The molecule has 3 atom stereocenters. The molecule has 1 aromatic carbocycles. The molecule has 0 saturated heterocycles. The molecule has 11 heteroatoms. The molecule has 1 aromatic rings. The van der Waals surface area contributed by atoms with Crippen LogP contribution in [-0.2, 0) is 39.9 Å². The quantitative estimate of drug-likeness (QED) is 0.0436. The normalized spacial score (nSPS) is 13.3. The van der Waals surface area contributed by atoms with Gasteiger partial charge in [-0.3, -0.25) is 14.4 Å². The highest BCUT2D eigenvalue weighted by molar-refractivity contribution is 5.95. The molecule has 11 nitrogen and oxygen atoms in total. The van der Waals surface area contributed by atoms with E-state index in [1.54, 1.807) is 44.2 Å². The number of hydrogen-bond donors (Lipinski definition) is 3. The lowest BCUT2D eigenvalue weighted by Gasteiger charge is -2.30. The fraction of sp³-hybridized carbons (Fsp3) is 0.615. The first-order chi connectivity index (χ1) is 24.0. The van der Waals surface area contributed by atoms with Crippen LogP contribution < -0.4 is 10.1 Å². The van der Waals surface area contributed by atoms with Crippen LogP contribution >= 0.6 is 0 Å². The zero-order valence-electron chi connectivity index (χ0n) is 30.3. The van der Waals surface area contributed by atoms with Crippen LogP contribution in [0.4, 0.5) is 0 Å². The lowest BCUT2D eigenvalue weighted by Crippen LogP contribution is -2.55.